The number of hydrogen-bond donors (Lipinski definition) is 1. The van der Waals surface area contributed by atoms with Crippen molar-refractivity contribution in [2.45, 2.75) is 46.0 Å². The predicted molar refractivity (Wildman–Crippen MR) is 120 cm³/mol. The van der Waals surface area contributed by atoms with E-state index in [0.717, 1.165) is 42.5 Å². The summed E-state index contributed by atoms with van der Waals surface area (Å²) in [7, 11) is 0. The summed E-state index contributed by atoms with van der Waals surface area (Å²) in [6.45, 7) is 3.72. The van der Waals surface area contributed by atoms with Crippen LogP contribution in [-0.2, 0) is 4.79 Å². The van der Waals surface area contributed by atoms with Crippen molar-refractivity contribution in [2.24, 2.45) is 5.92 Å². The Balaban J connectivity index is 1.89. The average molecular weight is 402 g/mol. The topological polar surface area (TPSA) is 64.0 Å². The van der Waals surface area contributed by atoms with Crippen molar-refractivity contribution < 1.29 is 4.79 Å². The molecule has 30 heavy (non-hydrogen) atoms. The van der Waals surface area contributed by atoms with Crippen LogP contribution in [0.1, 0.15) is 43.4 Å². The number of carbonyl (C=O) groups is 1. The molecule has 1 N–H and O–H groups in total. The molecule has 154 valence electrons. The van der Waals surface area contributed by atoms with E-state index in [-0.39, 0.29) is 17.3 Å². The van der Waals surface area contributed by atoms with Crippen LogP contribution in [0.4, 0.5) is 5.82 Å². The Kier molecular flexibility index (Phi) is 5.79. The summed E-state index contributed by atoms with van der Waals surface area (Å²) in [6.07, 6.45) is 5.10. The van der Waals surface area contributed by atoms with Crippen molar-refractivity contribution in [1.82, 2.24) is 9.78 Å². The van der Waals surface area contributed by atoms with Crippen molar-refractivity contribution in [2.75, 3.05) is 5.32 Å². The van der Waals surface area contributed by atoms with Crippen molar-refractivity contribution in [3.05, 3.63) is 76.1 Å². The molecule has 0 spiro atoms. The van der Waals surface area contributed by atoms with Crippen molar-refractivity contribution in [1.29, 1.82) is 0 Å². The van der Waals surface area contributed by atoms with Gasteiger partial charge >= 0.3 is 0 Å². The minimum atomic E-state index is -0.162. The molecule has 1 fully saturated rings. The Morgan fingerprint density at radius 1 is 0.967 bits per heavy atom. The van der Waals surface area contributed by atoms with Gasteiger partial charge in [0.25, 0.3) is 0 Å². The first kappa shape index (κ1) is 20.1. The molecule has 1 aliphatic carbocycles. The fourth-order valence-electron chi connectivity index (χ4n) is 4.08. The lowest BCUT2D eigenvalue weighted by molar-refractivity contribution is -0.120. The van der Waals surface area contributed by atoms with E-state index in [2.05, 4.69) is 10.4 Å². The first-order chi connectivity index (χ1) is 14.5. The molecule has 0 saturated heterocycles. The molecule has 0 atom stereocenters. The number of aryl methyl sites for hydroxylation is 2. The summed E-state index contributed by atoms with van der Waals surface area (Å²) in [4.78, 5) is 26.3. The van der Waals surface area contributed by atoms with Crippen LogP contribution >= 0.6 is 0 Å². The Hall–Kier alpha value is -3.21. The highest BCUT2D eigenvalue weighted by atomic mass is 16.2. The summed E-state index contributed by atoms with van der Waals surface area (Å²) in [5.41, 5.74) is 3.40. The second-order valence-electron chi connectivity index (χ2n) is 8.08. The average Bonchev–Trinajstić information content (AvgIpc) is 2.78. The number of hydrogen-bond acceptors (Lipinski definition) is 3. The third-order valence-electron chi connectivity index (χ3n) is 5.81. The molecule has 3 aromatic rings. The van der Waals surface area contributed by atoms with Crippen LogP contribution in [0.5, 0.6) is 0 Å². The van der Waals surface area contributed by atoms with Gasteiger partial charge in [-0.3, -0.25) is 9.59 Å². The van der Waals surface area contributed by atoms with Gasteiger partial charge in [-0.2, -0.15) is 5.10 Å². The molecular formula is C25H27N3O2. The van der Waals surface area contributed by atoms with E-state index >= 15 is 0 Å². The van der Waals surface area contributed by atoms with Crippen molar-refractivity contribution in [3.8, 4) is 16.8 Å². The van der Waals surface area contributed by atoms with Crippen molar-refractivity contribution >= 4 is 11.7 Å². The lowest BCUT2D eigenvalue weighted by Gasteiger charge is -2.23. The Labute approximate surface area is 176 Å². The molecule has 1 aliphatic rings. The zero-order chi connectivity index (χ0) is 21.1. The molecule has 1 saturated carbocycles. The summed E-state index contributed by atoms with van der Waals surface area (Å²) >= 11 is 0. The third-order valence-corrected chi connectivity index (χ3v) is 5.81. The van der Waals surface area contributed by atoms with Gasteiger partial charge in [-0.1, -0.05) is 67.3 Å². The van der Waals surface area contributed by atoms with Crippen LogP contribution in [0, 0.1) is 19.8 Å². The van der Waals surface area contributed by atoms with Crippen LogP contribution in [0.3, 0.4) is 0 Å². The largest absolute Gasteiger partial charge is 0.310 e. The Bertz CT molecular complexity index is 1100. The standard InChI is InChI=1S/C25H27N3O2/c1-17-13-15-19(16-14-17)22-23(29)18(2)27-28(21-11-7-4-8-12-21)24(22)26-25(30)20-9-5-3-6-10-20/h4,7-8,11-16,20H,3,5-6,9-10H2,1-2H3,(H,26,30). The molecule has 5 nitrogen and oxygen atoms in total. The number of carbonyl (C=O) groups excluding carboxylic acids is 1. The van der Waals surface area contributed by atoms with Crippen LogP contribution in [-0.4, -0.2) is 15.7 Å². The molecule has 0 radical (unpaired) electrons. The molecule has 1 aromatic heterocycles. The smallest absolute Gasteiger partial charge is 0.228 e. The van der Waals surface area contributed by atoms with Crippen LogP contribution < -0.4 is 10.7 Å². The zero-order valence-electron chi connectivity index (χ0n) is 17.5. The number of amides is 1. The second-order valence-corrected chi connectivity index (χ2v) is 8.08. The van der Waals surface area contributed by atoms with Crippen LogP contribution in [0.2, 0.25) is 0 Å². The molecular weight excluding hydrogens is 374 g/mol. The summed E-state index contributed by atoms with van der Waals surface area (Å²) in [5.74, 6) is 0.388. The van der Waals surface area contributed by atoms with Gasteiger partial charge < -0.3 is 5.32 Å². The lowest BCUT2D eigenvalue weighted by Crippen LogP contribution is -2.29. The highest BCUT2D eigenvalue weighted by Gasteiger charge is 2.25. The minimum Gasteiger partial charge on any atom is -0.310 e. The summed E-state index contributed by atoms with van der Waals surface area (Å²) in [5, 5.41) is 7.62. The van der Waals surface area contributed by atoms with E-state index in [1.807, 2.05) is 61.5 Å². The van der Waals surface area contributed by atoms with E-state index in [1.54, 1.807) is 11.6 Å². The fraction of sp³-hybridized carbons (Fsp3) is 0.320. The number of nitrogens with zero attached hydrogens (tertiary/aromatic N) is 2. The number of benzene rings is 2. The monoisotopic (exact) mass is 401 g/mol. The molecule has 0 unspecified atom stereocenters. The van der Waals surface area contributed by atoms with Gasteiger partial charge in [0.1, 0.15) is 11.5 Å². The number of rotatable bonds is 4. The van der Waals surface area contributed by atoms with Gasteiger partial charge in [-0.05, 0) is 44.4 Å². The van der Waals surface area contributed by atoms with E-state index in [0.29, 0.717) is 17.1 Å². The zero-order valence-corrected chi connectivity index (χ0v) is 17.5. The number of aromatic nitrogens is 2. The molecule has 4 rings (SSSR count). The van der Waals surface area contributed by atoms with Gasteiger partial charge in [0.15, 0.2) is 0 Å². The Morgan fingerprint density at radius 2 is 1.63 bits per heavy atom. The molecule has 0 bridgehead atoms. The minimum absolute atomic E-state index is 0.0229. The Morgan fingerprint density at radius 3 is 2.30 bits per heavy atom. The lowest BCUT2D eigenvalue weighted by atomic mass is 9.88. The number of anilines is 1. The van der Waals surface area contributed by atoms with E-state index in [4.69, 9.17) is 0 Å². The normalized spacial score (nSPS) is 14.5. The van der Waals surface area contributed by atoms with Gasteiger partial charge in [0, 0.05) is 5.92 Å². The summed E-state index contributed by atoms with van der Waals surface area (Å²) in [6, 6.07) is 17.4. The molecule has 2 aromatic carbocycles. The predicted octanol–water partition coefficient (Wildman–Crippen LogP) is 5.04. The van der Waals surface area contributed by atoms with Gasteiger partial charge in [0.05, 0.1) is 11.3 Å². The van der Waals surface area contributed by atoms with E-state index in [9.17, 15) is 9.59 Å². The first-order valence-corrected chi connectivity index (χ1v) is 10.6. The van der Waals surface area contributed by atoms with Crippen molar-refractivity contribution in [3.63, 3.8) is 0 Å². The second kappa shape index (κ2) is 8.66. The SMILES string of the molecule is Cc1ccc(-c2c(NC(=O)C3CCCCC3)n(-c3ccccc3)nc(C)c2=O)cc1. The van der Waals surface area contributed by atoms with E-state index < -0.39 is 0 Å². The van der Waals surface area contributed by atoms with Crippen LogP contribution in [0.25, 0.3) is 16.8 Å². The maximum absolute atomic E-state index is 13.2. The third kappa shape index (κ3) is 4.06. The first-order valence-electron chi connectivity index (χ1n) is 10.6. The number of para-hydroxylation sites is 1. The van der Waals surface area contributed by atoms with Crippen LogP contribution in [0.15, 0.2) is 59.4 Å². The van der Waals surface area contributed by atoms with Gasteiger partial charge in [-0.15, -0.1) is 0 Å². The molecule has 1 heterocycles. The highest BCUT2D eigenvalue weighted by molar-refractivity contribution is 5.96. The molecule has 0 aliphatic heterocycles. The maximum Gasteiger partial charge on any atom is 0.228 e. The number of nitrogens with one attached hydrogen (secondary N) is 1. The highest BCUT2D eigenvalue weighted by Crippen LogP contribution is 2.30. The van der Waals surface area contributed by atoms with Gasteiger partial charge in [0.2, 0.25) is 11.3 Å². The summed E-state index contributed by atoms with van der Waals surface area (Å²) < 4.78 is 1.69. The van der Waals surface area contributed by atoms with Gasteiger partial charge in [-0.25, -0.2) is 4.68 Å². The fourth-order valence-corrected chi connectivity index (χ4v) is 4.08. The maximum atomic E-state index is 13.2. The quantitative estimate of drug-likeness (QED) is 0.666. The van der Waals surface area contributed by atoms with E-state index in [1.165, 1.54) is 6.42 Å². The molecule has 1 amide bonds. The molecule has 5 heteroatoms.